The molecule has 0 aromatic heterocycles. The Bertz CT molecular complexity index is 337. The fraction of sp³-hybridized carbons (Fsp3) is 0.833. The molecule has 0 radical (unpaired) electrons. The summed E-state index contributed by atoms with van der Waals surface area (Å²) in [7, 11) is 0. The van der Waals surface area contributed by atoms with Gasteiger partial charge in [-0.15, -0.1) is 0 Å². The maximum absolute atomic E-state index is 12.0. The van der Waals surface area contributed by atoms with Crippen LogP contribution in [0.3, 0.4) is 0 Å². The average Bonchev–Trinajstić information content (AvgIpc) is 2.53. The van der Waals surface area contributed by atoms with Gasteiger partial charge in [-0.2, -0.15) is 0 Å². The first kappa shape index (κ1) is 11.0. The van der Waals surface area contributed by atoms with E-state index in [1.54, 1.807) is 0 Å². The Hall–Kier alpha value is -1.10. The molecular formula is C12H19N3O2. The van der Waals surface area contributed by atoms with E-state index in [1.165, 1.54) is 25.9 Å². The maximum atomic E-state index is 12.0. The molecule has 2 bridgehead atoms. The number of carbonyl (C=O) groups is 2. The molecule has 4 fully saturated rings. The van der Waals surface area contributed by atoms with Crippen molar-refractivity contribution in [2.24, 2.45) is 5.92 Å². The molecule has 94 valence electrons. The van der Waals surface area contributed by atoms with Gasteiger partial charge in [0.2, 0.25) is 11.8 Å². The number of nitrogens with one attached hydrogen (secondary N) is 1. The molecule has 17 heavy (non-hydrogen) atoms. The first-order valence-corrected chi connectivity index (χ1v) is 6.52. The SMILES string of the molecule is O=C1CCN(C2CN3CCC2CC3)C(=O)CN1. The fourth-order valence-electron chi connectivity index (χ4n) is 3.35. The second-order valence-corrected chi connectivity index (χ2v) is 5.32. The first-order valence-electron chi connectivity index (χ1n) is 6.52. The van der Waals surface area contributed by atoms with Gasteiger partial charge in [-0.05, 0) is 31.8 Å². The Morgan fingerprint density at radius 3 is 2.53 bits per heavy atom. The number of piperidine rings is 3. The van der Waals surface area contributed by atoms with Crippen LogP contribution in [0.2, 0.25) is 0 Å². The molecule has 5 heteroatoms. The lowest BCUT2D eigenvalue weighted by Crippen LogP contribution is -2.59. The summed E-state index contributed by atoms with van der Waals surface area (Å²) in [5.41, 5.74) is 0. The summed E-state index contributed by atoms with van der Waals surface area (Å²) < 4.78 is 0. The number of hydrogen-bond donors (Lipinski definition) is 1. The monoisotopic (exact) mass is 237 g/mol. The summed E-state index contributed by atoms with van der Waals surface area (Å²) in [5, 5.41) is 2.66. The van der Waals surface area contributed by atoms with E-state index >= 15 is 0 Å². The van der Waals surface area contributed by atoms with Crippen molar-refractivity contribution in [3.63, 3.8) is 0 Å². The molecule has 4 heterocycles. The molecule has 1 unspecified atom stereocenters. The third-order valence-electron chi connectivity index (χ3n) is 4.36. The van der Waals surface area contributed by atoms with Crippen molar-refractivity contribution < 1.29 is 9.59 Å². The van der Waals surface area contributed by atoms with Gasteiger partial charge in [-0.25, -0.2) is 0 Å². The molecule has 1 N–H and O–H groups in total. The largest absolute Gasteiger partial charge is 0.347 e. The highest BCUT2D eigenvalue weighted by Gasteiger charge is 2.39. The quantitative estimate of drug-likeness (QED) is 0.664. The van der Waals surface area contributed by atoms with Gasteiger partial charge < -0.3 is 15.1 Å². The molecule has 0 spiro atoms. The highest BCUT2D eigenvalue weighted by atomic mass is 16.2. The van der Waals surface area contributed by atoms with Crippen LogP contribution in [0.4, 0.5) is 0 Å². The van der Waals surface area contributed by atoms with Gasteiger partial charge in [0.15, 0.2) is 0 Å². The van der Waals surface area contributed by atoms with Crippen molar-refractivity contribution in [1.29, 1.82) is 0 Å². The topological polar surface area (TPSA) is 52.7 Å². The van der Waals surface area contributed by atoms with Gasteiger partial charge in [-0.1, -0.05) is 0 Å². The third kappa shape index (κ3) is 2.04. The molecule has 0 aliphatic carbocycles. The van der Waals surface area contributed by atoms with Crippen molar-refractivity contribution in [3.05, 3.63) is 0 Å². The molecule has 4 aliphatic rings. The van der Waals surface area contributed by atoms with Crippen LogP contribution < -0.4 is 5.32 Å². The van der Waals surface area contributed by atoms with Gasteiger partial charge in [0.05, 0.1) is 6.54 Å². The van der Waals surface area contributed by atoms with Crippen molar-refractivity contribution in [2.75, 3.05) is 32.7 Å². The molecule has 5 nitrogen and oxygen atoms in total. The molecule has 2 amide bonds. The van der Waals surface area contributed by atoms with Crippen LogP contribution in [0.5, 0.6) is 0 Å². The molecular weight excluding hydrogens is 218 g/mol. The van der Waals surface area contributed by atoms with Gasteiger partial charge in [0, 0.05) is 25.6 Å². The van der Waals surface area contributed by atoms with Crippen molar-refractivity contribution >= 4 is 11.8 Å². The molecule has 1 atom stereocenters. The second-order valence-electron chi connectivity index (χ2n) is 5.32. The molecule has 0 saturated carbocycles. The van der Waals surface area contributed by atoms with Crippen LogP contribution in [0.25, 0.3) is 0 Å². The predicted molar refractivity (Wildman–Crippen MR) is 62.3 cm³/mol. The molecule has 0 aromatic carbocycles. The van der Waals surface area contributed by atoms with E-state index in [1.807, 2.05) is 4.90 Å². The minimum Gasteiger partial charge on any atom is -0.347 e. The summed E-state index contributed by atoms with van der Waals surface area (Å²) in [5.74, 6) is 0.744. The van der Waals surface area contributed by atoms with Gasteiger partial charge in [0.1, 0.15) is 0 Å². The number of rotatable bonds is 1. The van der Waals surface area contributed by atoms with E-state index in [9.17, 15) is 9.59 Å². The van der Waals surface area contributed by atoms with E-state index in [0.29, 0.717) is 24.9 Å². The lowest BCUT2D eigenvalue weighted by atomic mass is 9.83. The Morgan fingerprint density at radius 2 is 1.88 bits per heavy atom. The highest BCUT2D eigenvalue weighted by molar-refractivity contribution is 5.87. The van der Waals surface area contributed by atoms with Crippen LogP contribution in [0, 0.1) is 5.92 Å². The Morgan fingerprint density at radius 1 is 1.12 bits per heavy atom. The normalized spacial score (nSPS) is 37.9. The lowest BCUT2D eigenvalue weighted by Gasteiger charge is -2.48. The Kier molecular flexibility index (Phi) is 2.78. The van der Waals surface area contributed by atoms with Crippen LogP contribution >= 0.6 is 0 Å². The number of carbonyl (C=O) groups excluding carboxylic acids is 2. The predicted octanol–water partition coefficient (Wildman–Crippen LogP) is -0.571. The number of nitrogens with zero attached hydrogens (tertiary/aromatic N) is 2. The van der Waals surface area contributed by atoms with Crippen LogP contribution in [0.15, 0.2) is 0 Å². The summed E-state index contributed by atoms with van der Waals surface area (Å²) >= 11 is 0. The van der Waals surface area contributed by atoms with E-state index in [2.05, 4.69) is 10.2 Å². The smallest absolute Gasteiger partial charge is 0.242 e. The molecule has 4 rings (SSSR count). The first-order chi connectivity index (χ1) is 8.24. The van der Waals surface area contributed by atoms with Crippen LogP contribution in [0.1, 0.15) is 19.3 Å². The lowest BCUT2D eigenvalue weighted by molar-refractivity contribution is -0.136. The third-order valence-corrected chi connectivity index (χ3v) is 4.36. The maximum Gasteiger partial charge on any atom is 0.242 e. The molecule has 4 saturated heterocycles. The van der Waals surface area contributed by atoms with Gasteiger partial charge in [-0.3, -0.25) is 9.59 Å². The van der Waals surface area contributed by atoms with Gasteiger partial charge >= 0.3 is 0 Å². The average molecular weight is 237 g/mol. The number of amides is 2. The zero-order chi connectivity index (χ0) is 11.8. The second kappa shape index (κ2) is 4.29. The Balaban J connectivity index is 1.74. The van der Waals surface area contributed by atoms with Crippen molar-refractivity contribution in [1.82, 2.24) is 15.1 Å². The van der Waals surface area contributed by atoms with Gasteiger partial charge in [0.25, 0.3) is 0 Å². The van der Waals surface area contributed by atoms with Crippen LogP contribution in [-0.2, 0) is 9.59 Å². The fourth-order valence-corrected chi connectivity index (χ4v) is 3.35. The number of fused-ring (bicyclic) bond motifs is 3. The standard InChI is InChI=1S/C12H19N3O2/c16-11-3-6-15(12(17)7-13-11)10-8-14-4-1-9(10)2-5-14/h9-10H,1-8H2,(H,13,16). The van der Waals surface area contributed by atoms with Crippen molar-refractivity contribution in [2.45, 2.75) is 25.3 Å². The Labute approximate surface area is 101 Å². The summed E-state index contributed by atoms with van der Waals surface area (Å²) in [4.78, 5) is 27.7. The van der Waals surface area contributed by atoms with Crippen molar-refractivity contribution in [3.8, 4) is 0 Å². The summed E-state index contributed by atoms with van der Waals surface area (Å²) in [6, 6.07) is 0.345. The molecule has 0 aromatic rings. The van der Waals surface area contributed by atoms with E-state index in [4.69, 9.17) is 0 Å². The minimum absolute atomic E-state index is 0.00197. The van der Waals surface area contributed by atoms with E-state index in [0.717, 1.165) is 6.54 Å². The summed E-state index contributed by atoms with van der Waals surface area (Å²) in [6.45, 7) is 4.15. The van der Waals surface area contributed by atoms with E-state index < -0.39 is 0 Å². The zero-order valence-electron chi connectivity index (χ0n) is 10.0. The highest BCUT2D eigenvalue weighted by Crippen LogP contribution is 2.31. The zero-order valence-corrected chi connectivity index (χ0v) is 10.0. The van der Waals surface area contributed by atoms with E-state index in [-0.39, 0.29) is 18.4 Å². The minimum atomic E-state index is 0.00197. The van der Waals surface area contributed by atoms with Crippen LogP contribution in [-0.4, -0.2) is 60.4 Å². The summed E-state index contributed by atoms with van der Waals surface area (Å²) in [6.07, 6.45) is 2.86. The number of hydrogen-bond acceptors (Lipinski definition) is 3. The molecule has 4 aliphatic heterocycles.